The summed E-state index contributed by atoms with van der Waals surface area (Å²) in [6.45, 7) is 0. The first-order valence-electron chi connectivity index (χ1n) is 7.79. The van der Waals surface area contributed by atoms with Gasteiger partial charge in [0, 0.05) is 16.3 Å². The Bertz CT molecular complexity index is 1090. The fourth-order valence-corrected chi connectivity index (χ4v) is 3.56. The summed E-state index contributed by atoms with van der Waals surface area (Å²) in [5.41, 5.74) is 0.640. The van der Waals surface area contributed by atoms with Gasteiger partial charge in [-0.15, -0.1) is 0 Å². The maximum absolute atomic E-state index is 13.6. The van der Waals surface area contributed by atoms with Crippen LogP contribution in [0, 0.1) is 5.82 Å². The molecular formula is C19H14ClFN2O3S. The average molecular weight is 405 g/mol. The van der Waals surface area contributed by atoms with Gasteiger partial charge in [0.15, 0.2) is 0 Å². The fraction of sp³-hybridized carbons (Fsp3) is 0. The van der Waals surface area contributed by atoms with E-state index >= 15 is 0 Å². The monoisotopic (exact) mass is 404 g/mol. The van der Waals surface area contributed by atoms with Crippen LogP contribution in [0.25, 0.3) is 0 Å². The Kier molecular flexibility index (Phi) is 5.43. The standard InChI is InChI=1S/C19H14ClFN2O3S/c20-14-5-3-4-13(12-14)19(24)22-15-8-10-16(11-9-15)27(25,26)23-18-7-2-1-6-17(18)21/h1-12,23H,(H,22,24). The molecule has 0 bridgehead atoms. The Hall–Kier alpha value is -2.90. The predicted molar refractivity (Wildman–Crippen MR) is 103 cm³/mol. The van der Waals surface area contributed by atoms with Gasteiger partial charge in [-0.2, -0.15) is 0 Å². The molecule has 138 valence electrons. The van der Waals surface area contributed by atoms with Crippen molar-refractivity contribution in [3.05, 3.63) is 89.2 Å². The molecule has 0 unspecified atom stereocenters. The molecule has 5 nitrogen and oxygen atoms in total. The molecule has 8 heteroatoms. The highest BCUT2D eigenvalue weighted by atomic mass is 35.5. The van der Waals surface area contributed by atoms with E-state index in [4.69, 9.17) is 11.6 Å². The first-order chi connectivity index (χ1) is 12.8. The number of halogens is 2. The van der Waals surface area contributed by atoms with Crippen molar-refractivity contribution in [1.29, 1.82) is 0 Å². The minimum Gasteiger partial charge on any atom is -0.322 e. The quantitative estimate of drug-likeness (QED) is 0.655. The first kappa shape index (κ1) is 18.9. The number of amides is 1. The molecule has 3 aromatic carbocycles. The SMILES string of the molecule is O=C(Nc1ccc(S(=O)(=O)Nc2ccccc2F)cc1)c1cccc(Cl)c1. The number of rotatable bonds is 5. The van der Waals surface area contributed by atoms with Crippen molar-refractivity contribution in [1.82, 2.24) is 0 Å². The van der Waals surface area contributed by atoms with Gasteiger partial charge in [-0.25, -0.2) is 12.8 Å². The highest BCUT2D eigenvalue weighted by molar-refractivity contribution is 7.92. The molecular weight excluding hydrogens is 391 g/mol. The van der Waals surface area contributed by atoms with E-state index in [1.807, 2.05) is 0 Å². The molecule has 27 heavy (non-hydrogen) atoms. The Balaban J connectivity index is 1.75. The smallest absolute Gasteiger partial charge is 0.261 e. The summed E-state index contributed by atoms with van der Waals surface area (Å²) in [5, 5.41) is 3.08. The van der Waals surface area contributed by atoms with Crippen LogP contribution in [-0.4, -0.2) is 14.3 Å². The maximum atomic E-state index is 13.6. The van der Waals surface area contributed by atoms with Crippen LogP contribution in [0.5, 0.6) is 0 Å². The number of para-hydroxylation sites is 1. The van der Waals surface area contributed by atoms with E-state index in [0.717, 1.165) is 6.07 Å². The van der Waals surface area contributed by atoms with Crippen molar-refractivity contribution in [2.75, 3.05) is 10.0 Å². The number of sulfonamides is 1. The number of benzene rings is 3. The summed E-state index contributed by atoms with van der Waals surface area (Å²) >= 11 is 5.86. The number of carbonyl (C=O) groups is 1. The van der Waals surface area contributed by atoms with Gasteiger partial charge in [0.05, 0.1) is 10.6 Å². The van der Waals surface area contributed by atoms with Gasteiger partial charge < -0.3 is 5.32 Å². The van der Waals surface area contributed by atoms with E-state index < -0.39 is 15.8 Å². The Labute approximate surface area is 160 Å². The molecule has 0 aliphatic carbocycles. The van der Waals surface area contributed by atoms with Crippen molar-refractivity contribution < 1.29 is 17.6 Å². The lowest BCUT2D eigenvalue weighted by Crippen LogP contribution is -2.15. The lowest BCUT2D eigenvalue weighted by molar-refractivity contribution is 0.102. The molecule has 0 aliphatic heterocycles. The van der Waals surface area contributed by atoms with Gasteiger partial charge in [-0.3, -0.25) is 9.52 Å². The van der Waals surface area contributed by atoms with Crippen LogP contribution in [0.1, 0.15) is 10.4 Å². The van der Waals surface area contributed by atoms with E-state index in [1.165, 1.54) is 48.5 Å². The summed E-state index contributed by atoms with van der Waals surface area (Å²) in [7, 11) is -3.96. The topological polar surface area (TPSA) is 75.3 Å². The van der Waals surface area contributed by atoms with E-state index in [0.29, 0.717) is 16.3 Å². The summed E-state index contributed by atoms with van der Waals surface area (Å²) in [5.74, 6) is -1.05. The zero-order valence-electron chi connectivity index (χ0n) is 13.8. The lowest BCUT2D eigenvalue weighted by atomic mass is 10.2. The number of carbonyl (C=O) groups excluding carboxylic acids is 1. The molecule has 0 fully saturated rings. The van der Waals surface area contributed by atoms with Crippen LogP contribution in [-0.2, 0) is 10.0 Å². The fourth-order valence-electron chi connectivity index (χ4n) is 2.30. The maximum Gasteiger partial charge on any atom is 0.261 e. The third-order valence-corrected chi connectivity index (χ3v) is 5.24. The number of hydrogen-bond acceptors (Lipinski definition) is 3. The summed E-state index contributed by atoms with van der Waals surface area (Å²) in [6, 6.07) is 17.4. The van der Waals surface area contributed by atoms with Crippen molar-refractivity contribution in [3.63, 3.8) is 0 Å². The zero-order chi connectivity index (χ0) is 19.4. The summed E-state index contributed by atoms with van der Waals surface area (Å²) in [6.07, 6.45) is 0. The predicted octanol–water partition coefficient (Wildman–Crippen LogP) is 4.53. The van der Waals surface area contributed by atoms with Gasteiger partial charge in [0.2, 0.25) is 0 Å². The lowest BCUT2D eigenvalue weighted by Gasteiger charge is -2.10. The van der Waals surface area contributed by atoms with Crippen LogP contribution < -0.4 is 10.0 Å². The van der Waals surface area contributed by atoms with Crippen molar-refractivity contribution >= 4 is 38.9 Å². The van der Waals surface area contributed by atoms with Gasteiger partial charge in [-0.05, 0) is 54.6 Å². The first-order valence-corrected chi connectivity index (χ1v) is 9.65. The van der Waals surface area contributed by atoms with Crippen molar-refractivity contribution in [3.8, 4) is 0 Å². The molecule has 3 rings (SSSR count). The summed E-state index contributed by atoms with van der Waals surface area (Å²) in [4.78, 5) is 12.1. The minimum atomic E-state index is -3.96. The highest BCUT2D eigenvalue weighted by Gasteiger charge is 2.16. The van der Waals surface area contributed by atoms with Crippen LogP contribution in [0.2, 0.25) is 5.02 Å². The molecule has 0 atom stereocenters. The Morgan fingerprint density at radius 1 is 0.926 bits per heavy atom. The van der Waals surface area contributed by atoms with Crippen molar-refractivity contribution in [2.45, 2.75) is 4.90 Å². The van der Waals surface area contributed by atoms with E-state index in [2.05, 4.69) is 10.0 Å². The molecule has 2 N–H and O–H groups in total. The van der Waals surface area contributed by atoms with Crippen molar-refractivity contribution in [2.24, 2.45) is 0 Å². The van der Waals surface area contributed by atoms with Crippen LogP contribution in [0.15, 0.2) is 77.7 Å². The largest absolute Gasteiger partial charge is 0.322 e. The molecule has 0 spiro atoms. The van der Waals surface area contributed by atoms with Crippen LogP contribution >= 0.6 is 11.6 Å². The normalized spacial score (nSPS) is 11.0. The highest BCUT2D eigenvalue weighted by Crippen LogP contribution is 2.21. The second-order valence-corrected chi connectivity index (χ2v) is 7.69. The van der Waals surface area contributed by atoms with E-state index in [-0.39, 0.29) is 16.5 Å². The molecule has 3 aromatic rings. The Morgan fingerprint density at radius 3 is 2.30 bits per heavy atom. The second-order valence-electron chi connectivity index (χ2n) is 5.57. The number of anilines is 2. The summed E-state index contributed by atoms with van der Waals surface area (Å²) < 4.78 is 40.6. The third-order valence-electron chi connectivity index (χ3n) is 3.63. The number of hydrogen-bond donors (Lipinski definition) is 2. The van der Waals surface area contributed by atoms with Gasteiger partial charge in [0.1, 0.15) is 5.82 Å². The van der Waals surface area contributed by atoms with E-state index in [1.54, 1.807) is 18.2 Å². The van der Waals surface area contributed by atoms with Crippen LogP contribution in [0.4, 0.5) is 15.8 Å². The van der Waals surface area contributed by atoms with E-state index in [9.17, 15) is 17.6 Å². The van der Waals surface area contributed by atoms with Gasteiger partial charge in [0.25, 0.3) is 15.9 Å². The molecule has 0 saturated heterocycles. The van der Waals surface area contributed by atoms with Gasteiger partial charge >= 0.3 is 0 Å². The minimum absolute atomic E-state index is 0.0634. The molecule has 0 aromatic heterocycles. The molecule has 0 aliphatic rings. The molecule has 1 amide bonds. The van der Waals surface area contributed by atoms with Gasteiger partial charge in [-0.1, -0.05) is 29.8 Å². The molecule has 0 radical (unpaired) electrons. The molecule has 0 saturated carbocycles. The average Bonchev–Trinajstić information content (AvgIpc) is 2.64. The zero-order valence-corrected chi connectivity index (χ0v) is 15.4. The second kappa shape index (κ2) is 7.77. The van der Waals surface area contributed by atoms with Crippen LogP contribution in [0.3, 0.4) is 0 Å². The molecule has 0 heterocycles. The third kappa shape index (κ3) is 4.64. The Morgan fingerprint density at radius 2 is 1.63 bits per heavy atom. The number of nitrogens with one attached hydrogen (secondary N) is 2.